The van der Waals surface area contributed by atoms with Gasteiger partial charge in [-0.05, 0) is 55.0 Å². The van der Waals surface area contributed by atoms with Crippen LogP contribution in [0.2, 0.25) is 0 Å². The number of ether oxygens (including phenoxy) is 1. The molecule has 3 aromatic carbocycles. The Bertz CT molecular complexity index is 1400. The van der Waals surface area contributed by atoms with Gasteiger partial charge in [0, 0.05) is 23.0 Å². The number of H-pyrrole nitrogens is 1. The minimum absolute atomic E-state index is 0.0387. The molecule has 148 valence electrons. The van der Waals surface area contributed by atoms with Gasteiger partial charge >= 0.3 is 0 Å². The lowest BCUT2D eigenvalue weighted by molar-refractivity contribution is 0.415. The lowest BCUT2D eigenvalue weighted by Gasteiger charge is -2.13. The monoisotopic (exact) mass is 395 g/mol. The third kappa shape index (κ3) is 3.24. The number of benzene rings is 3. The van der Waals surface area contributed by atoms with Crippen LogP contribution >= 0.6 is 0 Å². The van der Waals surface area contributed by atoms with E-state index in [2.05, 4.69) is 11.1 Å². The van der Waals surface area contributed by atoms with Gasteiger partial charge in [-0.25, -0.2) is 4.98 Å². The molecule has 0 saturated heterocycles. The van der Waals surface area contributed by atoms with Crippen molar-refractivity contribution in [3.8, 4) is 11.4 Å². The fraction of sp³-hybridized carbons (Fsp3) is 0.120. The minimum atomic E-state index is -0.0387. The van der Waals surface area contributed by atoms with Crippen molar-refractivity contribution in [3.63, 3.8) is 0 Å². The van der Waals surface area contributed by atoms with Gasteiger partial charge in [-0.2, -0.15) is 0 Å². The Hall–Kier alpha value is -3.86. The Morgan fingerprint density at radius 3 is 2.57 bits per heavy atom. The summed E-state index contributed by atoms with van der Waals surface area (Å²) in [6.07, 6.45) is 1.38. The first-order chi connectivity index (χ1) is 14.7. The number of nitrogens with one attached hydrogen (secondary N) is 1. The zero-order valence-electron chi connectivity index (χ0n) is 16.6. The van der Waals surface area contributed by atoms with Crippen molar-refractivity contribution in [3.05, 3.63) is 101 Å². The molecule has 5 heteroatoms. The van der Waals surface area contributed by atoms with Gasteiger partial charge in [0.1, 0.15) is 11.6 Å². The number of hydrogen-bond acceptors (Lipinski definition) is 3. The first-order valence-electron chi connectivity index (χ1n) is 9.95. The van der Waals surface area contributed by atoms with Crippen molar-refractivity contribution >= 4 is 21.8 Å². The lowest BCUT2D eigenvalue weighted by Crippen LogP contribution is -2.24. The van der Waals surface area contributed by atoms with E-state index in [1.165, 1.54) is 0 Å². The zero-order chi connectivity index (χ0) is 20.5. The van der Waals surface area contributed by atoms with E-state index in [0.29, 0.717) is 11.8 Å². The summed E-state index contributed by atoms with van der Waals surface area (Å²) in [4.78, 5) is 21.6. The van der Waals surface area contributed by atoms with Crippen LogP contribution in [0.15, 0.2) is 83.7 Å². The summed E-state index contributed by atoms with van der Waals surface area (Å²) in [7, 11) is 1.67. The average Bonchev–Trinajstić information content (AvgIpc) is 3.20. The highest BCUT2D eigenvalue weighted by atomic mass is 16.5. The van der Waals surface area contributed by atoms with Crippen molar-refractivity contribution < 1.29 is 4.74 Å². The molecule has 0 atom stereocenters. The largest absolute Gasteiger partial charge is 0.497 e. The molecule has 2 heterocycles. The Labute approximate surface area is 173 Å². The Morgan fingerprint density at radius 2 is 1.73 bits per heavy atom. The maximum absolute atomic E-state index is 13.3. The molecule has 0 aliphatic carbocycles. The van der Waals surface area contributed by atoms with Crippen LogP contribution < -0.4 is 10.3 Å². The average molecular weight is 395 g/mol. The molecule has 5 rings (SSSR count). The number of aromatic amines is 1. The summed E-state index contributed by atoms with van der Waals surface area (Å²) in [6, 6.07) is 25.3. The summed E-state index contributed by atoms with van der Waals surface area (Å²) >= 11 is 0. The summed E-state index contributed by atoms with van der Waals surface area (Å²) in [6.45, 7) is 0. The number of rotatable bonds is 5. The first kappa shape index (κ1) is 18.2. The van der Waals surface area contributed by atoms with Crippen molar-refractivity contribution in [2.75, 3.05) is 7.11 Å². The second-order valence-corrected chi connectivity index (χ2v) is 7.27. The molecule has 0 aliphatic heterocycles. The first-order valence-corrected chi connectivity index (χ1v) is 9.95. The Morgan fingerprint density at radius 1 is 0.933 bits per heavy atom. The molecule has 0 spiro atoms. The molecule has 0 saturated carbocycles. The van der Waals surface area contributed by atoms with Crippen molar-refractivity contribution in [1.29, 1.82) is 0 Å². The van der Waals surface area contributed by atoms with Gasteiger partial charge in [0.2, 0.25) is 0 Å². The normalized spacial score (nSPS) is 11.2. The summed E-state index contributed by atoms with van der Waals surface area (Å²) < 4.78 is 7.05. The lowest BCUT2D eigenvalue weighted by atomic mass is 10.1. The van der Waals surface area contributed by atoms with Gasteiger partial charge in [-0.1, -0.05) is 30.3 Å². The molecule has 0 bridgehead atoms. The molecule has 5 aromatic rings. The van der Waals surface area contributed by atoms with E-state index < -0.39 is 0 Å². The molecule has 0 radical (unpaired) electrons. The zero-order valence-corrected chi connectivity index (χ0v) is 16.6. The van der Waals surface area contributed by atoms with Crippen molar-refractivity contribution in [2.24, 2.45) is 0 Å². The van der Waals surface area contributed by atoms with Crippen LogP contribution in [0.1, 0.15) is 11.5 Å². The van der Waals surface area contributed by atoms with Crippen LogP contribution in [0.25, 0.3) is 27.5 Å². The second kappa shape index (κ2) is 7.52. The summed E-state index contributed by atoms with van der Waals surface area (Å²) in [5.74, 6) is 1.59. The summed E-state index contributed by atoms with van der Waals surface area (Å²) in [5, 5.41) is 1.74. The predicted octanol–water partition coefficient (Wildman–Crippen LogP) is 4.66. The van der Waals surface area contributed by atoms with Gasteiger partial charge in [0.15, 0.2) is 0 Å². The van der Waals surface area contributed by atoms with E-state index in [1.807, 2.05) is 72.8 Å². The fourth-order valence-corrected chi connectivity index (χ4v) is 3.87. The molecule has 0 unspecified atom stereocenters. The quantitative estimate of drug-likeness (QED) is 0.471. The molecular formula is C25H21N3O2. The van der Waals surface area contributed by atoms with Gasteiger partial charge in [-0.15, -0.1) is 0 Å². The number of para-hydroxylation sites is 2. The standard InChI is InChI=1S/C25H21N3O2/c1-30-20-12-13-22-17(16-20)15-18(26-22)11-14-24-27-23-10-6-5-9-21(23)25(29)28(24)19-7-3-2-4-8-19/h2-10,12-13,15-16,26H,11,14H2,1H3. The van der Waals surface area contributed by atoms with Gasteiger partial charge in [0.25, 0.3) is 5.56 Å². The van der Waals surface area contributed by atoms with Crippen LogP contribution in [0.4, 0.5) is 0 Å². The molecule has 0 amide bonds. The van der Waals surface area contributed by atoms with E-state index in [9.17, 15) is 4.79 Å². The van der Waals surface area contributed by atoms with Crippen molar-refractivity contribution in [1.82, 2.24) is 14.5 Å². The predicted molar refractivity (Wildman–Crippen MR) is 120 cm³/mol. The van der Waals surface area contributed by atoms with Crippen LogP contribution in [0.5, 0.6) is 5.75 Å². The maximum atomic E-state index is 13.3. The maximum Gasteiger partial charge on any atom is 0.265 e. The number of fused-ring (bicyclic) bond motifs is 2. The van der Waals surface area contributed by atoms with E-state index in [0.717, 1.165) is 45.8 Å². The molecule has 0 fully saturated rings. The highest BCUT2D eigenvalue weighted by molar-refractivity contribution is 5.82. The van der Waals surface area contributed by atoms with Crippen molar-refractivity contribution in [2.45, 2.75) is 12.8 Å². The third-order valence-electron chi connectivity index (χ3n) is 5.36. The molecular weight excluding hydrogens is 374 g/mol. The summed E-state index contributed by atoms with van der Waals surface area (Å²) in [5.41, 5.74) is 3.68. The van der Waals surface area contributed by atoms with Crippen LogP contribution in [-0.2, 0) is 12.8 Å². The second-order valence-electron chi connectivity index (χ2n) is 7.27. The Kier molecular flexibility index (Phi) is 4.56. The highest BCUT2D eigenvalue weighted by Gasteiger charge is 2.13. The number of methoxy groups -OCH3 is 1. The molecule has 5 nitrogen and oxygen atoms in total. The van der Waals surface area contributed by atoms with Gasteiger partial charge < -0.3 is 9.72 Å². The van der Waals surface area contributed by atoms with E-state index in [1.54, 1.807) is 11.7 Å². The van der Waals surface area contributed by atoms with Crippen LogP contribution in [0.3, 0.4) is 0 Å². The van der Waals surface area contributed by atoms with Crippen LogP contribution in [-0.4, -0.2) is 21.6 Å². The van der Waals surface area contributed by atoms with Crippen LogP contribution in [0, 0.1) is 0 Å². The minimum Gasteiger partial charge on any atom is -0.497 e. The smallest absolute Gasteiger partial charge is 0.265 e. The van der Waals surface area contributed by atoms with Gasteiger partial charge in [-0.3, -0.25) is 9.36 Å². The molecule has 0 aliphatic rings. The van der Waals surface area contributed by atoms with Gasteiger partial charge in [0.05, 0.1) is 23.7 Å². The van der Waals surface area contributed by atoms with E-state index in [4.69, 9.17) is 9.72 Å². The number of hydrogen-bond donors (Lipinski definition) is 1. The molecule has 1 N–H and O–H groups in total. The molecule has 30 heavy (non-hydrogen) atoms. The number of aryl methyl sites for hydroxylation is 2. The number of nitrogens with zero attached hydrogens (tertiary/aromatic N) is 2. The molecule has 2 aromatic heterocycles. The van der Waals surface area contributed by atoms with E-state index in [-0.39, 0.29) is 5.56 Å². The number of aromatic nitrogens is 3. The highest BCUT2D eigenvalue weighted by Crippen LogP contribution is 2.22. The fourth-order valence-electron chi connectivity index (χ4n) is 3.87. The SMILES string of the molecule is COc1ccc2[nH]c(CCc3nc4ccccc4c(=O)n3-c3ccccc3)cc2c1. The topological polar surface area (TPSA) is 59.9 Å². The third-order valence-corrected chi connectivity index (χ3v) is 5.36. The van der Waals surface area contributed by atoms with E-state index >= 15 is 0 Å². The Balaban J connectivity index is 1.56.